The molecule has 0 bridgehead atoms. The fourth-order valence-corrected chi connectivity index (χ4v) is 2.48. The molecule has 0 radical (unpaired) electrons. The molecule has 0 atom stereocenters. The second-order valence-corrected chi connectivity index (χ2v) is 5.77. The number of thioether (sulfide) groups is 1. The van der Waals surface area contributed by atoms with Gasteiger partial charge in [0.25, 0.3) is 5.78 Å². The molecule has 0 aliphatic heterocycles. The van der Waals surface area contributed by atoms with Gasteiger partial charge in [-0.1, -0.05) is 17.8 Å². The summed E-state index contributed by atoms with van der Waals surface area (Å²) in [7, 11) is 0. The van der Waals surface area contributed by atoms with Crippen LogP contribution in [-0.2, 0) is 14.3 Å². The number of ketones is 1. The van der Waals surface area contributed by atoms with Gasteiger partial charge in [-0.15, -0.1) is 11.3 Å². The Balaban J connectivity index is 2.59. The lowest BCUT2D eigenvalue weighted by molar-refractivity contribution is -0.137. The Morgan fingerprint density at radius 3 is 2.74 bits per heavy atom. The lowest BCUT2D eigenvalue weighted by Crippen LogP contribution is -2.16. The fraction of sp³-hybridized carbons (Fsp3) is 0.308. The Morgan fingerprint density at radius 2 is 2.11 bits per heavy atom. The molecule has 1 rings (SSSR count). The van der Waals surface area contributed by atoms with Gasteiger partial charge in [0.1, 0.15) is 0 Å². The minimum atomic E-state index is -0.827. The van der Waals surface area contributed by atoms with Crippen molar-refractivity contribution in [3.05, 3.63) is 28.0 Å². The van der Waals surface area contributed by atoms with Gasteiger partial charge in [0.15, 0.2) is 5.12 Å². The molecule has 6 heteroatoms. The minimum absolute atomic E-state index is 0.0639. The van der Waals surface area contributed by atoms with Crippen LogP contribution in [0.1, 0.15) is 28.4 Å². The first-order valence-electron chi connectivity index (χ1n) is 5.65. The summed E-state index contributed by atoms with van der Waals surface area (Å²) in [6.45, 7) is 3.35. The summed E-state index contributed by atoms with van der Waals surface area (Å²) >= 11 is 2.44. The highest BCUT2D eigenvalue weighted by Gasteiger charge is 2.18. The Morgan fingerprint density at radius 1 is 1.37 bits per heavy atom. The van der Waals surface area contributed by atoms with Crippen LogP contribution in [-0.4, -0.2) is 29.2 Å². The SMILES string of the molecule is CCOC(=O)C(=O)c1ccc(C=CCSC(C)=O)s1. The lowest BCUT2D eigenvalue weighted by atomic mass is 10.3. The average Bonchev–Trinajstić information content (AvgIpc) is 2.82. The number of ether oxygens (including phenoxy) is 1. The van der Waals surface area contributed by atoms with E-state index in [4.69, 9.17) is 0 Å². The van der Waals surface area contributed by atoms with E-state index in [1.807, 2.05) is 12.2 Å². The van der Waals surface area contributed by atoms with Crippen molar-refractivity contribution in [3.8, 4) is 0 Å². The molecular formula is C13H14O4S2. The van der Waals surface area contributed by atoms with Gasteiger partial charge in [0.05, 0.1) is 11.5 Å². The normalized spacial score (nSPS) is 10.6. The van der Waals surface area contributed by atoms with Crippen molar-refractivity contribution >= 4 is 46.0 Å². The molecule has 1 aromatic rings. The summed E-state index contributed by atoms with van der Waals surface area (Å²) in [6, 6.07) is 3.35. The molecule has 0 spiro atoms. The van der Waals surface area contributed by atoms with Gasteiger partial charge in [-0.05, 0) is 25.1 Å². The number of esters is 1. The van der Waals surface area contributed by atoms with Crippen LogP contribution in [0, 0.1) is 0 Å². The Kier molecular flexibility index (Phi) is 6.52. The van der Waals surface area contributed by atoms with E-state index in [-0.39, 0.29) is 11.7 Å². The highest BCUT2D eigenvalue weighted by Crippen LogP contribution is 2.19. The van der Waals surface area contributed by atoms with Crippen molar-refractivity contribution in [2.75, 3.05) is 12.4 Å². The van der Waals surface area contributed by atoms with Crippen LogP contribution in [0.25, 0.3) is 6.08 Å². The molecule has 19 heavy (non-hydrogen) atoms. The minimum Gasteiger partial charge on any atom is -0.460 e. The van der Waals surface area contributed by atoms with Crippen molar-refractivity contribution in [1.29, 1.82) is 0 Å². The molecule has 0 aliphatic carbocycles. The smallest absolute Gasteiger partial charge is 0.380 e. The van der Waals surface area contributed by atoms with Crippen molar-refractivity contribution < 1.29 is 19.1 Å². The van der Waals surface area contributed by atoms with Crippen LogP contribution in [0.3, 0.4) is 0 Å². The van der Waals surface area contributed by atoms with Gasteiger partial charge < -0.3 is 4.74 Å². The van der Waals surface area contributed by atoms with Crippen LogP contribution in [0.15, 0.2) is 18.2 Å². The molecule has 0 N–H and O–H groups in total. The highest BCUT2D eigenvalue weighted by atomic mass is 32.2. The molecule has 0 unspecified atom stereocenters. The van der Waals surface area contributed by atoms with Crippen LogP contribution in [0.5, 0.6) is 0 Å². The molecule has 0 aromatic carbocycles. The first kappa shape index (κ1) is 15.7. The van der Waals surface area contributed by atoms with Crippen LogP contribution >= 0.6 is 23.1 Å². The summed E-state index contributed by atoms with van der Waals surface area (Å²) in [5.74, 6) is -0.856. The molecule has 1 aromatic heterocycles. The van der Waals surface area contributed by atoms with Crippen LogP contribution in [0.2, 0.25) is 0 Å². The van der Waals surface area contributed by atoms with Gasteiger partial charge in [-0.3, -0.25) is 9.59 Å². The van der Waals surface area contributed by atoms with Gasteiger partial charge in [-0.2, -0.15) is 0 Å². The first-order chi connectivity index (χ1) is 9.04. The molecule has 0 fully saturated rings. The van der Waals surface area contributed by atoms with Gasteiger partial charge in [-0.25, -0.2) is 4.79 Å². The third-order valence-electron chi connectivity index (χ3n) is 1.98. The Bertz CT molecular complexity index is 502. The summed E-state index contributed by atoms with van der Waals surface area (Å²) in [5, 5.41) is 0.0639. The zero-order valence-corrected chi connectivity index (χ0v) is 12.3. The zero-order valence-electron chi connectivity index (χ0n) is 10.7. The topological polar surface area (TPSA) is 60.4 Å². The number of hydrogen-bond donors (Lipinski definition) is 0. The van der Waals surface area contributed by atoms with Crippen molar-refractivity contribution in [2.45, 2.75) is 13.8 Å². The molecule has 0 amide bonds. The van der Waals surface area contributed by atoms with E-state index in [9.17, 15) is 14.4 Å². The molecule has 1 heterocycles. The van der Waals surface area contributed by atoms with Crippen molar-refractivity contribution in [2.24, 2.45) is 0 Å². The quantitative estimate of drug-likeness (QED) is 0.459. The lowest BCUT2D eigenvalue weighted by Gasteiger charge is -1.97. The van der Waals surface area contributed by atoms with Crippen molar-refractivity contribution in [1.82, 2.24) is 0 Å². The molecule has 0 saturated carbocycles. The Labute approximate surface area is 119 Å². The molecule has 0 saturated heterocycles. The molecule has 0 aliphatic rings. The number of carbonyl (C=O) groups excluding carboxylic acids is 3. The summed E-state index contributed by atoms with van der Waals surface area (Å²) in [6.07, 6.45) is 3.67. The van der Waals surface area contributed by atoms with Crippen molar-refractivity contribution in [3.63, 3.8) is 0 Å². The first-order valence-corrected chi connectivity index (χ1v) is 7.46. The largest absolute Gasteiger partial charge is 0.460 e. The number of hydrogen-bond acceptors (Lipinski definition) is 6. The number of carbonyl (C=O) groups is 3. The zero-order chi connectivity index (χ0) is 14.3. The van der Waals surface area contributed by atoms with E-state index < -0.39 is 11.8 Å². The van der Waals surface area contributed by atoms with Gasteiger partial charge in [0.2, 0.25) is 0 Å². The molecule has 102 valence electrons. The maximum atomic E-state index is 11.6. The third-order valence-corrected chi connectivity index (χ3v) is 3.79. The number of thiophene rings is 1. The van der Waals surface area contributed by atoms with E-state index in [0.29, 0.717) is 10.6 Å². The molecular weight excluding hydrogens is 284 g/mol. The fourth-order valence-electron chi connectivity index (χ4n) is 1.19. The standard InChI is InChI=1S/C13H14O4S2/c1-3-17-13(16)12(15)11-7-6-10(19-11)5-4-8-18-9(2)14/h4-7H,3,8H2,1-2H3. The number of Topliss-reactive ketones (excluding diaryl/α,β-unsaturated/α-hetero) is 1. The summed E-state index contributed by atoms with van der Waals surface area (Å²) in [4.78, 5) is 34.8. The summed E-state index contributed by atoms with van der Waals surface area (Å²) in [5.41, 5.74) is 0. The second-order valence-electron chi connectivity index (χ2n) is 3.46. The van der Waals surface area contributed by atoms with Gasteiger partial charge >= 0.3 is 5.97 Å². The monoisotopic (exact) mass is 298 g/mol. The second kappa shape index (κ2) is 7.91. The highest BCUT2D eigenvalue weighted by molar-refractivity contribution is 8.13. The van der Waals surface area contributed by atoms with E-state index in [2.05, 4.69) is 4.74 Å². The predicted octanol–water partition coefficient (Wildman–Crippen LogP) is 2.79. The van der Waals surface area contributed by atoms with E-state index >= 15 is 0 Å². The van der Waals surface area contributed by atoms with Gasteiger partial charge in [0, 0.05) is 17.6 Å². The Hall–Kier alpha value is -1.40. The predicted molar refractivity (Wildman–Crippen MR) is 77.5 cm³/mol. The number of rotatable bonds is 6. The molecule has 4 nitrogen and oxygen atoms in total. The van der Waals surface area contributed by atoms with E-state index in [1.54, 1.807) is 19.1 Å². The van der Waals surface area contributed by atoms with E-state index in [0.717, 1.165) is 4.88 Å². The van der Waals surface area contributed by atoms with Crippen LogP contribution in [0.4, 0.5) is 0 Å². The maximum absolute atomic E-state index is 11.6. The van der Waals surface area contributed by atoms with Crippen LogP contribution < -0.4 is 0 Å². The third kappa shape index (κ3) is 5.40. The maximum Gasteiger partial charge on any atom is 0.380 e. The van der Waals surface area contributed by atoms with E-state index in [1.165, 1.54) is 30.0 Å². The average molecular weight is 298 g/mol. The summed E-state index contributed by atoms with van der Waals surface area (Å²) < 4.78 is 4.65.